The minimum absolute atomic E-state index is 0.107. The summed E-state index contributed by atoms with van der Waals surface area (Å²) in [4.78, 5) is 11.0. The van der Waals surface area contributed by atoms with E-state index in [1.165, 1.54) is 20.0 Å². The lowest BCUT2D eigenvalue weighted by atomic mass is 9.96. The molecule has 1 atom stereocenters. The van der Waals surface area contributed by atoms with Crippen LogP contribution in [0.4, 0.5) is 0 Å². The molecule has 28 heavy (non-hydrogen) atoms. The van der Waals surface area contributed by atoms with Crippen molar-refractivity contribution in [1.29, 1.82) is 0 Å². The Bertz CT molecular complexity index is 594. The highest BCUT2D eigenvalue weighted by molar-refractivity contribution is 5.77. The summed E-state index contributed by atoms with van der Waals surface area (Å²) in [5.74, 6) is 6.64. The van der Waals surface area contributed by atoms with Gasteiger partial charge in [-0.05, 0) is 51.4 Å². The Labute approximate surface area is 169 Å². The first-order valence-electron chi connectivity index (χ1n) is 9.01. The van der Waals surface area contributed by atoms with E-state index in [0.29, 0.717) is 5.92 Å². The smallest absolute Gasteiger partial charge is 0.324 e. The summed E-state index contributed by atoms with van der Waals surface area (Å²) in [5.41, 5.74) is 7.10. The molecule has 1 unspecified atom stereocenters. The number of nitrogens with one attached hydrogen (secondary N) is 1. The van der Waals surface area contributed by atoms with Gasteiger partial charge in [0.15, 0.2) is 0 Å². The molecule has 0 aliphatic heterocycles. The average molecular weight is 393 g/mol. The number of carbonyl (C=O) groups is 1. The second-order valence-electron chi connectivity index (χ2n) is 6.46. The minimum atomic E-state index is -0.595. The van der Waals surface area contributed by atoms with E-state index in [2.05, 4.69) is 35.1 Å². The van der Waals surface area contributed by atoms with Gasteiger partial charge in [0.2, 0.25) is 0 Å². The van der Waals surface area contributed by atoms with E-state index >= 15 is 0 Å². The van der Waals surface area contributed by atoms with Crippen LogP contribution in [0.15, 0.2) is 37.4 Å². The predicted molar refractivity (Wildman–Crippen MR) is 114 cm³/mol. The van der Waals surface area contributed by atoms with Crippen molar-refractivity contribution in [2.75, 3.05) is 21.3 Å². The third-order valence-electron chi connectivity index (χ3n) is 3.60. The molecule has 0 saturated heterocycles. The van der Waals surface area contributed by atoms with Gasteiger partial charge in [-0.3, -0.25) is 4.79 Å². The van der Waals surface area contributed by atoms with E-state index in [1.807, 2.05) is 24.3 Å². The summed E-state index contributed by atoms with van der Waals surface area (Å²) in [6, 6.07) is 7.29. The van der Waals surface area contributed by atoms with Crippen molar-refractivity contribution in [2.24, 2.45) is 11.7 Å². The Kier molecular flexibility index (Phi) is 15.9. The second kappa shape index (κ2) is 15.8. The Morgan fingerprint density at radius 3 is 2.11 bits per heavy atom. The highest BCUT2D eigenvalue weighted by atomic mass is 16.5. The molecule has 1 aromatic rings. The first-order chi connectivity index (χ1) is 13.3. The van der Waals surface area contributed by atoms with E-state index in [1.54, 1.807) is 20.9 Å². The molecule has 0 aromatic heterocycles. The topological polar surface area (TPSA) is 105 Å². The monoisotopic (exact) mass is 392 g/mol. The molecular formula is C22H36N2O4. The van der Waals surface area contributed by atoms with Crippen LogP contribution in [-0.2, 0) is 16.1 Å². The van der Waals surface area contributed by atoms with Crippen molar-refractivity contribution in [2.45, 2.75) is 44.9 Å². The number of esters is 1. The normalized spacial score (nSPS) is 12.9. The lowest BCUT2D eigenvalue weighted by Crippen LogP contribution is -2.56. The number of nitrogens with two attached hydrogens (primary N) is 1. The standard InChI is InChI=1S/C12H12O.C7H16N2O2.C2H4.CH4O/c13-9-12-7-5-11(6-8-12)4-3-10-1-2-10;1-7(2,8)5(9-3)6(10)11-4;2*1-2/h5-8,10,13H,1-2,9H2;5,9H,8H2,1-4H3;1-2H2;2H,1H3. The van der Waals surface area contributed by atoms with Crippen LogP contribution in [-0.4, -0.2) is 49.0 Å². The molecule has 5 N–H and O–H groups in total. The van der Waals surface area contributed by atoms with Crippen LogP contribution in [0.25, 0.3) is 0 Å². The first-order valence-corrected chi connectivity index (χ1v) is 9.01. The number of hydrogen-bond donors (Lipinski definition) is 4. The molecule has 0 heterocycles. The predicted octanol–water partition coefficient (Wildman–Crippen LogP) is 1.84. The summed E-state index contributed by atoms with van der Waals surface area (Å²) >= 11 is 0. The van der Waals surface area contributed by atoms with E-state index in [4.69, 9.17) is 15.9 Å². The molecule has 1 aliphatic rings. The molecule has 0 radical (unpaired) electrons. The van der Waals surface area contributed by atoms with Gasteiger partial charge in [0.25, 0.3) is 0 Å². The van der Waals surface area contributed by atoms with Crippen molar-refractivity contribution in [1.82, 2.24) is 5.32 Å². The second-order valence-corrected chi connectivity index (χ2v) is 6.46. The Morgan fingerprint density at radius 1 is 1.32 bits per heavy atom. The van der Waals surface area contributed by atoms with Crippen LogP contribution in [0.3, 0.4) is 0 Å². The summed E-state index contributed by atoms with van der Waals surface area (Å²) < 4.78 is 4.55. The zero-order valence-electron chi connectivity index (χ0n) is 17.8. The van der Waals surface area contributed by atoms with Crippen molar-refractivity contribution in [3.05, 3.63) is 48.6 Å². The lowest BCUT2D eigenvalue weighted by molar-refractivity contribution is -0.144. The van der Waals surface area contributed by atoms with Crippen LogP contribution >= 0.6 is 0 Å². The van der Waals surface area contributed by atoms with Crippen LogP contribution in [0, 0.1) is 17.8 Å². The quantitative estimate of drug-likeness (QED) is 0.354. The van der Waals surface area contributed by atoms with Gasteiger partial charge in [-0.1, -0.05) is 24.0 Å². The zero-order valence-corrected chi connectivity index (χ0v) is 17.8. The fourth-order valence-electron chi connectivity index (χ4n) is 2.02. The lowest BCUT2D eigenvalue weighted by Gasteiger charge is -2.27. The number of methoxy groups -OCH3 is 1. The fraction of sp³-hybridized carbons (Fsp3) is 0.500. The van der Waals surface area contributed by atoms with Crippen LogP contribution < -0.4 is 11.1 Å². The van der Waals surface area contributed by atoms with Crippen molar-refractivity contribution >= 4 is 5.97 Å². The molecule has 1 saturated carbocycles. The Balaban J connectivity index is 0. The van der Waals surface area contributed by atoms with Gasteiger partial charge in [-0.25, -0.2) is 0 Å². The van der Waals surface area contributed by atoms with Gasteiger partial charge in [0, 0.05) is 24.1 Å². The highest BCUT2D eigenvalue weighted by Gasteiger charge is 2.30. The maximum Gasteiger partial charge on any atom is 0.324 e. The molecule has 0 bridgehead atoms. The van der Waals surface area contributed by atoms with Gasteiger partial charge in [-0.15, -0.1) is 13.2 Å². The zero-order chi connectivity index (χ0) is 22.2. The molecule has 2 rings (SSSR count). The van der Waals surface area contributed by atoms with Crippen LogP contribution in [0.2, 0.25) is 0 Å². The van der Waals surface area contributed by atoms with Gasteiger partial charge in [-0.2, -0.15) is 0 Å². The Hall–Kier alpha value is -2.17. The number of carbonyl (C=O) groups excluding carboxylic acids is 1. The average Bonchev–Trinajstić information content (AvgIpc) is 3.54. The number of likely N-dealkylation sites (N-methyl/N-ethyl adjacent to an activating group) is 1. The summed E-state index contributed by atoms with van der Waals surface area (Å²) in [7, 11) is 4.02. The van der Waals surface area contributed by atoms with Gasteiger partial charge in [0.1, 0.15) is 6.04 Å². The fourth-order valence-corrected chi connectivity index (χ4v) is 2.02. The molecular weight excluding hydrogens is 356 g/mol. The highest BCUT2D eigenvalue weighted by Crippen LogP contribution is 2.27. The third-order valence-corrected chi connectivity index (χ3v) is 3.60. The molecule has 6 nitrogen and oxygen atoms in total. The van der Waals surface area contributed by atoms with Crippen LogP contribution in [0.5, 0.6) is 0 Å². The van der Waals surface area contributed by atoms with Gasteiger partial charge >= 0.3 is 5.97 Å². The number of aliphatic hydroxyl groups is 2. The Morgan fingerprint density at radius 2 is 1.82 bits per heavy atom. The summed E-state index contributed by atoms with van der Waals surface area (Å²) in [6.07, 6.45) is 2.53. The van der Waals surface area contributed by atoms with Gasteiger partial charge < -0.3 is 26.0 Å². The number of hydrogen-bond acceptors (Lipinski definition) is 6. The van der Waals surface area contributed by atoms with E-state index < -0.39 is 11.6 Å². The van der Waals surface area contributed by atoms with Crippen molar-refractivity contribution in [3.8, 4) is 11.8 Å². The first kappa shape index (κ1) is 28.0. The molecule has 1 fully saturated rings. The number of ether oxygens (including phenoxy) is 1. The maximum absolute atomic E-state index is 11.0. The minimum Gasteiger partial charge on any atom is -0.468 e. The van der Waals surface area contributed by atoms with E-state index in [0.717, 1.165) is 18.2 Å². The maximum atomic E-state index is 11.0. The number of benzene rings is 1. The van der Waals surface area contributed by atoms with Gasteiger partial charge in [0.05, 0.1) is 13.7 Å². The summed E-state index contributed by atoms with van der Waals surface area (Å²) in [5, 5.41) is 18.6. The van der Waals surface area contributed by atoms with Crippen molar-refractivity contribution < 1.29 is 19.7 Å². The molecule has 0 spiro atoms. The van der Waals surface area contributed by atoms with E-state index in [-0.39, 0.29) is 12.6 Å². The molecule has 6 heteroatoms. The largest absolute Gasteiger partial charge is 0.468 e. The molecule has 1 aliphatic carbocycles. The van der Waals surface area contributed by atoms with Crippen LogP contribution in [0.1, 0.15) is 37.8 Å². The van der Waals surface area contributed by atoms with E-state index in [9.17, 15) is 4.79 Å². The van der Waals surface area contributed by atoms with Crippen molar-refractivity contribution in [3.63, 3.8) is 0 Å². The summed E-state index contributed by atoms with van der Waals surface area (Å²) in [6.45, 7) is 9.65. The number of rotatable bonds is 4. The molecule has 1 aromatic carbocycles. The molecule has 158 valence electrons. The SMILES string of the molecule is C=C.CNC(C(=O)OC)C(C)(C)N.CO.OCc1ccc(C#CC2CC2)cc1. The number of aliphatic hydroxyl groups excluding tert-OH is 2. The third kappa shape index (κ3) is 12.3. The molecule has 0 amide bonds.